The zero-order valence-electron chi connectivity index (χ0n) is 16.5. The molecule has 4 aromatic rings. The van der Waals surface area contributed by atoms with Crippen LogP contribution >= 0.6 is 0 Å². The largest absolute Gasteiger partial charge is 0.467 e. The Balaban J connectivity index is 1.61. The number of fused-ring (bicyclic) bond motifs is 1. The highest BCUT2D eigenvalue weighted by Gasteiger charge is 2.23. The molecule has 0 fully saturated rings. The van der Waals surface area contributed by atoms with Crippen molar-refractivity contribution in [2.45, 2.75) is 12.5 Å². The van der Waals surface area contributed by atoms with Gasteiger partial charge in [0.2, 0.25) is 0 Å². The van der Waals surface area contributed by atoms with Crippen LogP contribution < -0.4 is 5.32 Å². The molecule has 0 aliphatic heterocycles. The lowest BCUT2D eigenvalue weighted by atomic mass is 10.1. The first-order valence-electron chi connectivity index (χ1n) is 9.31. The van der Waals surface area contributed by atoms with E-state index < -0.39 is 17.9 Å². The maximum Gasteiger partial charge on any atom is 0.328 e. The van der Waals surface area contributed by atoms with Gasteiger partial charge in [-0.25, -0.2) is 4.79 Å². The molecule has 1 N–H and O–H groups in total. The van der Waals surface area contributed by atoms with Crippen LogP contribution in [0.25, 0.3) is 17.2 Å². The van der Waals surface area contributed by atoms with E-state index in [9.17, 15) is 9.59 Å². The Hall–Kier alpha value is -4.01. The molecule has 1 amide bonds. The minimum absolute atomic E-state index is 0.296. The van der Waals surface area contributed by atoms with Crippen LogP contribution in [0.2, 0.25) is 0 Å². The van der Waals surface area contributed by atoms with E-state index in [-0.39, 0.29) is 0 Å². The molecular formula is C21H20N6O3. The Morgan fingerprint density at radius 3 is 2.63 bits per heavy atom. The van der Waals surface area contributed by atoms with Gasteiger partial charge in [-0.2, -0.15) is 0 Å². The molecule has 0 saturated carbocycles. The van der Waals surface area contributed by atoms with Crippen LogP contribution in [0.4, 0.5) is 0 Å². The summed E-state index contributed by atoms with van der Waals surface area (Å²) in [6.07, 6.45) is 7.14. The molecule has 9 nitrogen and oxygen atoms in total. The van der Waals surface area contributed by atoms with Gasteiger partial charge in [-0.15, -0.1) is 10.2 Å². The predicted molar refractivity (Wildman–Crippen MR) is 109 cm³/mol. The summed E-state index contributed by atoms with van der Waals surface area (Å²) < 4.78 is 8.54. The predicted octanol–water partition coefficient (Wildman–Crippen LogP) is 1.64. The standard InChI is InChI=1S/C21H20N6O3/c1-26-11-3-4-17(26)19-25-24-18-6-5-15(13-27(18)19)20(28)23-16(21(29)30-2)12-14-7-9-22-10-8-14/h3-11,13,16H,12H2,1-2H3,(H,23,28)/t16-/m1/s1. The molecule has 1 atom stereocenters. The third-order valence-corrected chi connectivity index (χ3v) is 4.82. The quantitative estimate of drug-likeness (QED) is 0.490. The Bertz CT molecular complexity index is 1200. The van der Waals surface area contributed by atoms with Crippen LogP contribution in [0.1, 0.15) is 15.9 Å². The van der Waals surface area contributed by atoms with Gasteiger partial charge >= 0.3 is 5.97 Å². The maximum absolute atomic E-state index is 12.9. The number of amides is 1. The second kappa shape index (κ2) is 8.16. The van der Waals surface area contributed by atoms with E-state index in [1.807, 2.05) is 29.9 Å². The number of hydrogen-bond acceptors (Lipinski definition) is 6. The van der Waals surface area contributed by atoms with E-state index in [0.717, 1.165) is 11.3 Å². The van der Waals surface area contributed by atoms with E-state index in [2.05, 4.69) is 20.5 Å². The average Bonchev–Trinajstić information content (AvgIpc) is 3.38. The number of carbonyl (C=O) groups excluding carboxylic acids is 2. The summed E-state index contributed by atoms with van der Waals surface area (Å²) in [7, 11) is 3.20. The van der Waals surface area contributed by atoms with E-state index in [4.69, 9.17) is 4.74 Å². The fraction of sp³-hybridized carbons (Fsp3) is 0.190. The van der Waals surface area contributed by atoms with E-state index >= 15 is 0 Å². The van der Waals surface area contributed by atoms with Gasteiger partial charge in [0, 0.05) is 38.3 Å². The highest BCUT2D eigenvalue weighted by molar-refractivity contribution is 5.97. The molecule has 152 valence electrons. The summed E-state index contributed by atoms with van der Waals surface area (Å²) in [5.41, 5.74) is 2.72. The maximum atomic E-state index is 12.9. The lowest BCUT2D eigenvalue weighted by Gasteiger charge is -2.16. The normalized spacial score (nSPS) is 11.9. The third kappa shape index (κ3) is 3.77. The molecule has 0 aromatic carbocycles. The number of ether oxygens (including phenoxy) is 1. The van der Waals surface area contributed by atoms with Crippen LogP contribution in [-0.2, 0) is 23.0 Å². The SMILES string of the molecule is COC(=O)[C@@H](Cc1ccncc1)NC(=O)c1ccc2nnc(-c3cccn3C)n2c1. The fourth-order valence-electron chi connectivity index (χ4n) is 3.22. The van der Waals surface area contributed by atoms with Crippen LogP contribution in [-0.4, -0.2) is 49.2 Å². The van der Waals surface area contributed by atoms with Crippen molar-refractivity contribution in [2.75, 3.05) is 7.11 Å². The van der Waals surface area contributed by atoms with Crippen LogP contribution in [0.3, 0.4) is 0 Å². The highest BCUT2D eigenvalue weighted by Crippen LogP contribution is 2.19. The number of pyridine rings is 2. The van der Waals surface area contributed by atoms with Crippen molar-refractivity contribution < 1.29 is 14.3 Å². The van der Waals surface area contributed by atoms with Gasteiger partial charge in [0.25, 0.3) is 5.91 Å². The molecule has 0 bridgehead atoms. The molecule has 30 heavy (non-hydrogen) atoms. The van der Waals surface area contributed by atoms with Crippen LogP contribution in [0.15, 0.2) is 61.2 Å². The minimum atomic E-state index is -0.825. The number of esters is 1. The number of nitrogens with zero attached hydrogens (tertiary/aromatic N) is 5. The Labute approximate surface area is 172 Å². The van der Waals surface area contributed by atoms with E-state index in [0.29, 0.717) is 23.5 Å². The zero-order chi connectivity index (χ0) is 21.1. The number of carbonyl (C=O) groups is 2. The van der Waals surface area contributed by atoms with Crippen LogP contribution in [0, 0.1) is 0 Å². The minimum Gasteiger partial charge on any atom is -0.467 e. The zero-order valence-corrected chi connectivity index (χ0v) is 16.5. The first-order chi connectivity index (χ1) is 14.6. The van der Waals surface area contributed by atoms with Crippen molar-refractivity contribution in [3.63, 3.8) is 0 Å². The number of rotatable bonds is 6. The van der Waals surface area contributed by atoms with E-state index in [1.165, 1.54) is 7.11 Å². The molecule has 0 unspecified atom stereocenters. The number of nitrogens with one attached hydrogen (secondary N) is 1. The van der Waals surface area contributed by atoms with Crippen molar-refractivity contribution in [2.24, 2.45) is 7.05 Å². The summed E-state index contributed by atoms with van der Waals surface area (Å²) >= 11 is 0. The third-order valence-electron chi connectivity index (χ3n) is 4.82. The number of aryl methyl sites for hydroxylation is 1. The van der Waals surface area contributed by atoms with Crippen LogP contribution in [0.5, 0.6) is 0 Å². The van der Waals surface area contributed by atoms with Crippen molar-refractivity contribution in [1.82, 2.24) is 29.5 Å². The molecule has 9 heteroatoms. The number of aromatic nitrogens is 5. The lowest BCUT2D eigenvalue weighted by molar-refractivity contribution is -0.142. The molecule has 4 aromatic heterocycles. The lowest BCUT2D eigenvalue weighted by Crippen LogP contribution is -2.43. The van der Waals surface area contributed by atoms with Gasteiger partial charge in [0.15, 0.2) is 11.5 Å². The number of methoxy groups -OCH3 is 1. The van der Waals surface area contributed by atoms with Crippen molar-refractivity contribution in [1.29, 1.82) is 0 Å². The summed E-state index contributed by atoms with van der Waals surface area (Å²) in [4.78, 5) is 29.1. The van der Waals surface area contributed by atoms with Gasteiger partial charge in [-0.05, 0) is 42.0 Å². The Morgan fingerprint density at radius 2 is 1.93 bits per heavy atom. The molecule has 0 radical (unpaired) electrons. The van der Waals surface area contributed by atoms with Gasteiger partial charge in [0.1, 0.15) is 6.04 Å². The molecule has 0 aliphatic rings. The molecule has 0 spiro atoms. The summed E-state index contributed by atoms with van der Waals surface area (Å²) in [6.45, 7) is 0. The van der Waals surface area contributed by atoms with Gasteiger partial charge in [-0.1, -0.05) is 0 Å². The summed E-state index contributed by atoms with van der Waals surface area (Å²) in [5.74, 6) is -0.295. The Kier molecular flexibility index (Phi) is 5.25. The number of hydrogen-bond donors (Lipinski definition) is 1. The monoisotopic (exact) mass is 404 g/mol. The first-order valence-corrected chi connectivity index (χ1v) is 9.31. The van der Waals surface area contributed by atoms with Gasteiger partial charge in [0.05, 0.1) is 18.4 Å². The summed E-state index contributed by atoms with van der Waals surface area (Å²) in [6, 6.07) is 9.95. The molecule has 4 rings (SSSR count). The summed E-state index contributed by atoms with van der Waals surface area (Å²) in [5, 5.41) is 11.2. The topological polar surface area (TPSA) is 103 Å². The van der Waals surface area contributed by atoms with Gasteiger partial charge < -0.3 is 14.6 Å². The molecule has 4 heterocycles. The van der Waals surface area contributed by atoms with Crippen molar-refractivity contribution >= 4 is 17.5 Å². The average molecular weight is 404 g/mol. The highest BCUT2D eigenvalue weighted by atomic mass is 16.5. The molecule has 0 saturated heterocycles. The Morgan fingerprint density at radius 1 is 1.13 bits per heavy atom. The molecule has 0 aliphatic carbocycles. The first kappa shape index (κ1) is 19.3. The molecular weight excluding hydrogens is 384 g/mol. The fourth-order valence-corrected chi connectivity index (χ4v) is 3.22. The van der Waals surface area contributed by atoms with Crippen molar-refractivity contribution in [3.05, 3.63) is 72.3 Å². The van der Waals surface area contributed by atoms with E-state index in [1.54, 1.807) is 47.3 Å². The van der Waals surface area contributed by atoms with Crippen molar-refractivity contribution in [3.8, 4) is 11.5 Å². The second-order valence-electron chi connectivity index (χ2n) is 6.78. The van der Waals surface area contributed by atoms with Gasteiger partial charge in [-0.3, -0.25) is 14.2 Å². The smallest absolute Gasteiger partial charge is 0.328 e. The second-order valence-corrected chi connectivity index (χ2v) is 6.78.